The number of hydrogen-bond donors (Lipinski definition) is 2. The average Bonchev–Trinajstić information content (AvgIpc) is 2.47. The third-order valence-electron chi connectivity index (χ3n) is 3.16. The molecular formula is C17H20BrNO2. The zero-order valence-corrected chi connectivity index (χ0v) is 13.9. The Bertz CT molecular complexity index is 614. The van der Waals surface area contributed by atoms with Crippen LogP contribution in [0.2, 0.25) is 0 Å². The van der Waals surface area contributed by atoms with Gasteiger partial charge in [-0.05, 0) is 55.3 Å². The third kappa shape index (κ3) is 4.39. The number of phenolic OH excluding ortho intramolecular Hbond substituents is 1. The van der Waals surface area contributed by atoms with E-state index < -0.39 is 0 Å². The summed E-state index contributed by atoms with van der Waals surface area (Å²) in [7, 11) is 0. The zero-order valence-electron chi connectivity index (χ0n) is 12.3. The van der Waals surface area contributed by atoms with E-state index in [0.29, 0.717) is 18.9 Å². The van der Waals surface area contributed by atoms with Crippen LogP contribution in [0.3, 0.4) is 0 Å². The molecule has 0 aliphatic carbocycles. The molecule has 0 saturated heterocycles. The average molecular weight is 350 g/mol. The summed E-state index contributed by atoms with van der Waals surface area (Å²) in [4.78, 5) is 0. The molecule has 0 spiro atoms. The molecule has 0 bridgehead atoms. The Morgan fingerprint density at radius 1 is 1.19 bits per heavy atom. The number of halogens is 1. The lowest BCUT2D eigenvalue weighted by Gasteiger charge is -2.13. The van der Waals surface area contributed by atoms with Crippen LogP contribution in [-0.2, 0) is 6.54 Å². The minimum absolute atomic E-state index is 0.315. The normalized spacial score (nSPS) is 10.4. The predicted molar refractivity (Wildman–Crippen MR) is 90.1 cm³/mol. The van der Waals surface area contributed by atoms with Gasteiger partial charge >= 0.3 is 0 Å². The van der Waals surface area contributed by atoms with Crippen molar-refractivity contribution in [2.24, 2.45) is 0 Å². The standard InChI is InChI=1S/C17H20BrNO2/c1-3-8-21-17-7-4-14(18)10-13(17)11-19-15-5-6-16(20)12(2)9-15/h4-7,9-10,19-20H,3,8,11H2,1-2H3. The number of hydrogen-bond acceptors (Lipinski definition) is 3. The molecule has 0 saturated carbocycles. The number of rotatable bonds is 6. The maximum Gasteiger partial charge on any atom is 0.124 e. The molecule has 0 unspecified atom stereocenters. The number of aryl methyl sites for hydroxylation is 1. The topological polar surface area (TPSA) is 41.5 Å². The number of phenols is 1. The van der Waals surface area contributed by atoms with E-state index in [4.69, 9.17) is 4.74 Å². The van der Waals surface area contributed by atoms with E-state index in [1.54, 1.807) is 6.07 Å². The molecule has 0 amide bonds. The van der Waals surface area contributed by atoms with Gasteiger partial charge in [0.25, 0.3) is 0 Å². The lowest BCUT2D eigenvalue weighted by atomic mass is 10.1. The molecular weight excluding hydrogens is 330 g/mol. The Kier molecular flexibility index (Phi) is 5.51. The summed E-state index contributed by atoms with van der Waals surface area (Å²) in [6.07, 6.45) is 0.986. The van der Waals surface area contributed by atoms with Crippen LogP contribution in [0.4, 0.5) is 5.69 Å². The highest BCUT2D eigenvalue weighted by atomic mass is 79.9. The van der Waals surface area contributed by atoms with E-state index >= 15 is 0 Å². The number of ether oxygens (including phenoxy) is 1. The number of aromatic hydroxyl groups is 1. The first kappa shape index (κ1) is 15.7. The van der Waals surface area contributed by atoms with Crippen molar-refractivity contribution in [3.63, 3.8) is 0 Å². The molecule has 0 aliphatic rings. The highest BCUT2D eigenvalue weighted by Crippen LogP contribution is 2.25. The second-order valence-corrected chi connectivity index (χ2v) is 5.87. The van der Waals surface area contributed by atoms with Crippen molar-refractivity contribution in [1.82, 2.24) is 0 Å². The van der Waals surface area contributed by atoms with Gasteiger partial charge in [0.15, 0.2) is 0 Å². The van der Waals surface area contributed by atoms with Crippen molar-refractivity contribution in [1.29, 1.82) is 0 Å². The van der Waals surface area contributed by atoms with E-state index in [0.717, 1.165) is 33.5 Å². The molecule has 2 N–H and O–H groups in total. The molecule has 0 fully saturated rings. The fraction of sp³-hybridized carbons (Fsp3) is 0.294. The van der Waals surface area contributed by atoms with Gasteiger partial charge in [-0.3, -0.25) is 0 Å². The quantitative estimate of drug-likeness (QED) is 0.731. The van der Waals surface area contributed by atoms with Crippen molar-refractivity contribution in [3.8, 4) is 11.5 Å². The summed E-state index contributed by atoms with van der Waals surface area (Å²) < 4.78 is 6.80. The highest BCUT2D eigenvalue weighted by Gasteiger charge is 2.05. The van der Waals surface area contributed by atoms with Gasteiger partial charge in [0.05, 0.1) is 6.61 Å². The van der Waals surface area contributed by atoms with Crippen molar-refractivity contribution in [2.75, 3.05) is 11.9 Å². The molecule has 2 aromatic rings. The van der Waals surface area contributed by atoms with Crippen molar-refractivity contribution in [3.05, 3.63) is 52.0 Å². The SMILES string of the molecule is CCCOc1ccc(Br)cc1CNc1ccc(O)c(C)c1. The molecule has 21 heavy (non-hydrogen) atoms. The van der Waals surface area contributed by atoms with Crippen LogP contribution in [-0.4, -0.2) is 11.7 Å². The van der Waals surface area contributed by atoms with E-state index in [9.17, 15) is 5.11 Å². The van der Waals surface area contributed by atoms with Crippen molar-refractivity contribution >= 4 is 21.6 Å². The summed E-state index contributed by atoms with van der Waals surface area (Å²) >= 11 is 3.50. The first-order valence-corrected chi connectivity index (χ1v) is 7.84. The van der Waals surface area contributed by atoms with Crippen LogP contribution in [0.1, 0.15) is 24.5 Å². The minimum Gasteiger partial charge on any atom is -0.508 e. The van der Waals surface area contributed by atoms with Gasteiger partial charge in [-0.2, -0.15) is 0 Å². The maximum atomic E-state index is 9.55. The first-order valence-electron chi connectivity index (χ1n) is 7.05. The van der Waals surface area contributed by atoms with Crippen molar-refractivity contribution in [2.45, 2.75) is 26.8 Å². The van der Waals surface area contributed by atoms with E-state index in [1.807, 2.05) is 31.2 Å². The van der Waals surface area contributed by atoms with Crippen LogP contribution in [0.25, 0.3) is 0 Å². The van der Waals surface area contributed by atoms with E-state index in [1.165, 1.54) is 0 Å². The number of benzene rings is 2. The molecule has 0 radical (unpaired) electrons. The Morgan fingerprint density at radius 3 is 2.71 bits per heavy atom. The van der Waals surface area contributed by atoms with Gasteiger partial charge in [-0.15, -0.1) is 0 Å². The Balaban J connectivity index is 2.10. The van der Waals surface area contributed by atoms with E-state index in [-0.39, 0.29) is 0 Å². The second kappa shape index (κ2) is 7.36. The number of nitrogens with one attached hydrogen (secondary N) is 1. The van der Waals surface area contributed by atoms with Crippen LogP contribution < -0.4 is 10.1 Å². The van der Waals surface area contributed by atoms with Crippen LogP contribution in [0.5, 0.6) is 11.5 Å². The van der Waals surface area contributed by atoms with Crippen molar-refractivity contribution < 1.29 is 9.84 Å². The van der Waals surface area contributed by atoms with Gasteiger partial charge in [-0.1, -0.05) is 22.9 Å². The van der Waals surface area contributed by atoms with Gasteiger partial charge in [-0.25, -0.2) is 0 Å². The Morgan fingerprint density at radius 2 is 2.00 bits per heavy atom. The van der Waals surface area contributed by atoms with Crippen LogP contribution in [0, 0.1) is 6.92 Å². The molecule has 2 rings (SSSR count). The monoisotopic (exact) mass is 349 g/mol. The molecule has 0 aliphatic heterocycles. The third-order valence-corrected chi connectivity index (χ3v) is 3.66. The van der Waals surface area contributed by atoms with Gasteiger partial charge in [0, 0.05) is 22.3 Å². The summed E-state index contributed by atoms with van der Waals surface area (Å²) in [6, 6.07) is 11.5. The molecule has 0 heterocycles. The lowest BCUT2D eigenvalue weighted by Crippen LogP contribution is -2.04. The highest BCUT2D eigenvalue weighted by molar-refractivity contribution is 9.10. The minimum atomic E-state index is 0.315. The largest absolute Gasteiger partial charge is 0.508 e. The molecule has 0 aromatic heterocycles. The van der Waals surface area contributed by atoms with Gasteiger partial charge < -0.3 is 15.2 Å². The fourth-order valence-electron chi connectivity index (χ4n) is 2.00. The van der Waals surface area contributed by atoms with Gasteiger partial charge in [0.2, 0.25) is 0 Å². The van der Waals surface area contributed by atoms with Gasteiger partial charge in [0.1, 0.15) is 11.5 Å². The molecule has 3 nitrogen and oxygen atoms in total. The number of anilines is 1. The van der Waals surface area contributed by atoms with Crippen LogP contribution >= 0.6 is 15.9 Å². The first-order chi connectivity index (χ1) is 10.1. The summed E-state index contributed by atoms with van der Waals surface area (Å²) in [6.45, 7) is 5.36. The predicted octanol–water partition coefficient (Wildman–Crippen LogP) is 4.86. The Hall–Kier alpha value is -1.68. The Labute approximate surface area is 134 Å². The molecule has 0 atom stereocenters. The fourth-order valence-corrected chi connectivity index (χ4v) is 2.41. The lowest BCUT2D eigenvalue weighted by molar-refractivity contribution is 0.314. The molecule has 4 heteroatoms. The maximum absolute atomic E-state index is 9.55. The zero-order chi connectivity index (χ0) is 15.2. The smallest absolute Gasteiger partial charge is 0.124 e. The summed E-state index contributed by atoms with van der Waals surface area (Å²) in [5.74, 6) is 1.22. The molecule has 112 valence electrons. The summed E-state index contributed by atoms with van der Waals surface area (Å²) in [5, 5.41) is 12.9. The summed E-state index contributed by atoms with van der Waals surface area (Å²) in [5.41, 5.74) is 2.94. The van der Waals surface area contributed by atoms with Crippen LogP contribution in [0.15, 0.2) is 40.9 Å². The molecule has 2 aromatic carbocycles. The second-order valence-electron chi connectivity index (χ2n) is 4.96. The van der Waals surface area contributed by atoms with E-state index in [2.05, 4.69) is 34.2 Å².